The summed E-state index contributed by atoms with van der Waals surface area (Å²) < 4.78 is 0. The van der Waals surface area contributed by atoms with Crippen molar-refractivity contribution in [1.82, 2.24) is 10.3 Å². The van der Waals surface area contributed by atoms with Gasteiger partial charge in [-0.2, -0.15) is 0 Å². The van der Waals surface area contributed by atoms with Gasteiger partial charge in [-0.05, 0) is 44.3 Å². The van der Waals surface area contributed by atoms with E-state index >= 15 is 0 Å². The number of pyridine rings is 1. The van der Waals surface area contributed by atoms with Gasteiger partial charge in [0, 0.05) is 12.6 Å². The van der Waals surface area contributed by atoms with E-state index in [1.54, 1.807) is 6.07 Å². The van der Waals surface area contributed by atoms with Crippen LogP contribution in [0.1, 0.15) is 18.4 Å². The molecule has 0 amide bonds. The van der Waals surface area contributed by atoms with Crippen molar-refractivity contribution in [2.75, 3.05) is 25.0 Å². The lowest BCUT2D eigenvalue weighted by molar-refractivity contribution is -0.385. The van der Waals surface area contributed by atoms with Crippen LogP contribution in [-0.4, -0.2) is 29.5 Å². The highest BCUT2D eigenvalue weighted by Gasteiger charge is 2.14. The number of nitrogens with one attached hydrogen (secondary N) is 2. The molecule has 0 aliphatic carbocycles. The molecular weight excluding hydrogens is 232 g/mol. The third kappa shape index (κ3) is 3.16. The Bertz CT molecular complexity index is 430. The maximum absolute atomic E-state index is 10.6. The van der Waals surface area contributed by atoms with Crippen molar-refractivity contribution >= 4 is 11.5 Å². The van der Waals surface area contributed by atoms with Crippen LogP contribution in [-0.2, 0) is 0 Å². The molecule has 1 fully saturated rings. The van der Waals surface area contributed by atoms with Gasteiger partial charge in [0.05, 0.1) is 4.92 Å². The third-order valence-electron chi connectivity index (χ3n) is 3.29. The maximum atomic E-state index is 10.6. The molecule has 6 heteroatoms. The maximum Gasteiger partial charge on any atom is 0.287 e. The van der Waals surface area contributed by atoms with Crippen LogP contribution < -0.4 is 10.6 Å². The fourth-order valence-electron chi connectivity index (χ4n) is 2.17. The van der Waals surface area contributed by atoms with Gasteiger partial charge in [-0.25, -0.2) is 4.98 Å². The molecule has 1 aromatic heterocycles. The van der Waals surface area contributed by atoms with Gasteiger partial charge in [-0.15, -0.1) is 0 Å². The zero-order chi connectivity index (χ0) is 13.0. The molecule has 98 valence electrons. The molecule has 0 saturated carbocycles. The Kier molecular flexibility index (Phi) is 4.09. The normalized spacial score (nSPS) is 16.5. The summed E-state index contributed by atoms with van der Waals surface area (Å²) in [6.07, 6.45) is 3.63. The van der Waals surface area contributed by atoms with Gasteiger partial charge in [-0.1, -0.05) is 0 Å². The highest BCUT2D eigenvalue weighted by atomic mass is 16.6. The van der Waals surface area contributed by atoms with Crippen molar-refractivity contribution in [1.29, 1.82) is 0 Å². The van der Waals surface area contributed by atoms with E-state index in [4.69, 9.17) is 0 Å². The summed E-state index contributed by atoms with van der Waals surface area (Å²) in [5.41, 5.74) is 0.859. The molecule has 1 aliphatic heterocycles. The largest absolute Gasteiger partial charge is 0.370 e. The zero-order valence-corrected chi connectivity index (χ0v) is 10.5. The highest BCUT2D eigenvalue weighted by Crippen LogP contribution is 2.19. The number of anilines is 1. The number of aryl methyl sites for hydroxylation is 1. The number of hydrogen-bond acceptors (Lipinski definition) is 5. The van der Waals surface area contributed by atoms with Gasteiger partial charge >= 0.3 is 0 Å². The van der Waals surface area contributed by atoms with Gasteiger partial charge in [0.15, 0.2) is 0 Å². The Morgan fingerprint density at radius 2 is 2.28 bits per heavy atom. The Morgan fingerprint density at radius 1 is 1.56 bits per heavy atom. The van der Waals surface area contributed by atoms with Crippen molar-refractivity contribution in [3.63, 3.8) is 0 Å². The Labute approximate surface area is 106 Å². The lowest BCUT2D eigenvalue weighted by Crippen LogP contribution is -2.31. The molecule has 2 rings (SSSR count). The van der Waals surface area contributed by atoms with Crippen molar-refractivity contribution in [2.45, 2.75) is 19.8 Å². The van der Waals surface area contributed by atoms with Crippen molar-refractivity contribution < 1.29 is 4.92 Å². The minimum atomic E-state index is -0.420. The highest BCUT2D eigenvalue weighted by molar-refractivity contribution is 5.48. The van der Waals surface area contributed by atoms with Crippen LogP contribution in [0, 0.1) is 23.0 Å². The minimum absolute atomic E-state index is 0.0416. The summed E-state index contributed by atoms with van der Waals surface area (Å²) in [6, 6.07) is 1.55. The summed E-state index contributed by atoms with van der Waals surface area (Å²) >= 11 is 0. The van der Waals surface area contributed by atoms with E-state index in [1.165, 1.54) is 19.0 Å². The van der Waals surface area contributed by atoms with Crippen molar-refractivity contribution in [2.24, 2.45) is 5.92 Å². The molecule has 2 heterocycles. The predicted molar refractivity (Wildman–Crippen MR) is 69.7 cm³/mol. The average Bonchev–Trinajstić information content (AvgIpc) is 2.38. The topological polar surface area (TPSA) is 80.1 Å². The molecule has 0 aromatic carbocycles. The second kappa shape index (κ2) is 5.77. The fourth-order valence-corrected chi connectivity index (χ4v) is 2.17. The minimum Gasteiger partial charge on any atom is -0.370 e. The lowest BCUT2D eigenvalue weighted by atomic mass is 9.98. The molecule has 2 N–H and O–H groups in total. The molecule has 0 radical (unpaired) electrons. The monoisotopic (exact) mass is 250 g/mol. The molecule has 18 heavy (non-hydrogen) atoms. The smallest absolute Gasteiger partial charge is 0.287 e. The number of piperidine rings is 1. The van der Waals surface area contributed by atoms with E-state index in [-0.39, 0.29) is 5.69 Å². The first kappa shape index (κ1) is 12.8. The first-order valence-corrected chi connectivity index (χ1v) is 6.22. The molecule has 0 unspecified atom stereocenters. The summed E-state index contributed by atoms with van der Waals surface area (Å²) in [5.74, 6) is 1.40. The van der Waals surface area contributed by atoms with Crippen LogP contribution >= 0.6 is 0 Å². The van der Waals surface area contributed by atoms with Crippen LogP contribution in [0.25, 0.3) is 0 Å². The summed E-state index contributed by atoms with van der Waals surface area (Å²) in [4.78, 5) is 14.3. The van der Waals surface area contributed by atoms with Crippen LogP contribution in [0.5, 0.6) is 0 Å². The Morgan fingerprint density at radius 3 is 2.89 bits per heavy atom. The number of nitrogens with zero attached hydrogens (tertiary/aromatic N) is 2. The standard InChI is InChI=1S/C12H18N4O2/c1-9-6-11(16(17)18)8-15-12(9)14-7-10-2-4-13-5-3-10/h6,8,10,13H,2-5,7H2,1H3,(H,14,15). The van der Waals surface area contributed by atoms with Crippen LogP contribution in [0.3, 0.4) is 0 Å². The predicted octanol–water partition coefficient (Wildman–Crippen LogP) is 1.71. The van der Waals surface area contributed by atoms with Crippen molar-refractivity contribution in [3.8, 4) is 0 Å². The first-order valence-electron chi connectivity index (χ1n) is 6.22. The van der Waals surface area contributed by atoms with E-state index in [9.17, 15) is 10.1 Å². The molecule has 1 aromatic rings. The second-order valence-electron chi connectivity index (χ2n) is 4.69. The molecule has 0 atom stereocenters. The number of nitro groups is 1. The van der Waals surface area contributed by atoms with Crippen molar-refractivity contribution in [3.05, 3.63) is 27.9 Å². The molecule has 0 spiro atoms. The molecule has 6 nitrogen and oxygen atoms in total. The number of hydrogen-bond donors (Lipinski definition) is 2. The van der Waals surface area contributed by atoms with Gasteiger partial charge in [0.1, 0.15) is 12.0 Å². The quantitative estimate of drug-likeness (QED) is 0.628. The van der Waals surface area contributed by atoms with E-state index < -0.39 is 4.92 Å². The SMILES string of the molecule is Cc1cc([N+](=O)[O-])cnc1NCC1CCNCC1. The van der Waals surface area contributed by atoms with Gasteiger partial charge in [0.25, 0.3) is 5.69 Å². The summed E-state index contributed by atoms with van der Waals surface area (Å²) in [5, 5.41) is 17.2. The van der Waals surface area contributed by atoms with Crippen LogP contribution in [0.4, 0.5) is 11.5 Å². The Hall–Kier alpha value is -1.69. The van der Waals surface area contributed by atoms with Gasteiger partial charge in [0.2, 0.25) is 0 Å². The molecule has 1 saturated heterocycles. The lowest BCUT2D eigenvalue weighted by Gasteiger charge is -2.23. The summed E-state index contributed by atoms with van der Waals surface area (Å²) in [7, 11) is 0. The first-order chi connectivity index (χ1) is 8.66. The van der Waals surface area contributed by atoms with E-state index in [0.717, 1.165) is 31.0 Å². The second-order valence-corrected chi connectivity index (χ2v) is 4.69. The van der Waals surface area contributed by atoms with Crippen LogP contribution in [0.15, 0.2) is 12.3 Å². The molecular formula is C12H18N4O2. The average molecular weight is 250 g/mol. The molecule has 0 bridgehead atoms. The van der Waals surface area contributed by atoms with Gasteiger partial charge in [-0.3, -0.25) is 10.1 Å². The summed E-state index contributed by atoms with van der Waals surface area (Å²) in [6.45, 7) is 4.86. The van der Waals surface area contributed by atoms with E-state index in [0.29, 0.717) is 5.92 Å². The molecule has 1 aliphatic rings. The number of aromatic nitrogens is 1. The fraction of sp³-hybridized carbons (Fsp3) is 0.583. The zero-order valence-electron chi connectivity index (χ0n) is 10.5. The van der Waals surface area contributed by atoms with Gasteiger partial charge < -0.3 is 10.6 Å². The third-order valence-corrected chi connectivity index (χ3v) is 3.29. The van der Waals surface area contributed by atoms with E-state index in [1.807, 2.05) is 6.92 Å². The van der Waals surface area contributed by atoms with Crippen LogP contribution in [0.2, 0.25) is 0 Å². The van der Waals surface area contributed by atoms with E-state index in [2.05, 4.69) is 15.6 Å². The number of rotatable bonds is 4. The Balaban J connectivity index is 1.94.